The second kappa shape index (κ2) is 10.7. The lowest BCUT2D eigenvalue weighted by Crippen LogP contribution is -2.58. The average molecular weight is 565 g/mol. The Morgan fingerprint density at radius 1 is 1.15 bits per heavy atom. The number of carbonyl (C=O) groups excluding carboxylic acids is 2. The number of carbonyl (C=O) groups is 2. The minimum absolute atomic E-state index is 0.124. The number of aromatic nitrogens is 4. The van der Waals surface area contributed by atoms with Crippen molar-refractivity contribution in [3.8, 4) is 11.3 Å². The van der Waals surface area contributed by atoms with Crippen molar-refractivity contribution in [2.75, 3.05) is 17.6 Å². The Labute approximate surface area is 233 Å². The van der Waals surface area contributed by atoms with Gasteiger partial charge in [-0.2, -0.15) is 13.2 Å². The number of nitrogens with one attached hydrogen (secondary N) is 2. The number of piperazine rings is 1. The fourth-order valence-electron chi connectivity index (χ4n) is 5.03. The van der Waals surface area contributed by atoms with Gasteiger partial charge in [0.2, 0.25) is 5.91 Å². The van der Waals surface area contributed by atoms with E-state index in [0.717, 1.165) is 18.3 Å². The van der Waals surface area contributed by atoms with E-state index in [-0.39, 0.29) is 35.2 Å². The number of halogens is 3. The molecule has 3 aromatic heterocycles. The highest BCUT2D eigenvalue weighted by Gasteiger charge is 2.39. The van der Waals surface area contributed by atoms with Crippen LogP contribution in [0.3, 0.4) is 0 Å². The molecule has 1 aliphatic heterocycles. The molecule has 0 bridgehead atoms. The van der Waals surface area contributed by atoms with Crippen LogP contribution in [0.15, 0.2) is 67.6 Å². The molecular formula is C28H27F3N8O2. The highest BCUT2D eigenvalue weighted by molar-refractivity contribution is 6.04. The third-order valence-corrected chi connectivity index (χ3v) is 7.04. The number of pyridine rings is 1. The topological polar surface area (TPSA) is 131 Å². The molecule has 13 heteroatoms. The van der Waals surface area contributed by atoms with Crippen molar-refractivity contribution in [1.29, 1.82) is 0 Å². The molecule has 1 saturated heterocycles. The zero-order valence-corrected chi connectivity index (χ0v) is 22.2. The number of benzene rings is 1. The van der Waals surface area contributed by atoms with Crippen LogP contribution in [0.2, 0.25) is 0 Å². The summed E-state index contributed by atoms with van der Waals surface area (Å²) in [6.45, 7) is 8.18. The summed E-state index contributed by atoms with van der Waals surface area (Å²) < 4.78 is 40.9. The van der Waals surface area contributed by atoms with Crippen molar-refractivity contribution in [2.24, 2.45) is 0 Å². The maximum atomic E-state index is 13.0. The first-order valence-corrected chi connectivity index (χ1v) is 12.7. The van der Waals surface area contributed by atoms with E-state index in [4.69, 9.17) is 10.7 Å². The van der Waals surface area contributed by atoms with Gasteiger partial charge in [-0.05, 0) is 44.2 Å². The molecule has 41 heavy (non-hydrogen) atoms. The number of nitrogens with two attached hydrogens (primary N) is 1. The number of amides is 2. The molecule has 3 atom stereocenters. The first kappa shape index (κ1) is 27.8. The maximum Gasteiger partial charge on any atom is 0.416 e. The monoisotopic (exact) mass is 564 g/mol. The molecule has 4 heterocycles. The van der Waals surface area contributed by atoms with Gasteiger partial charge in [-0.1, -0.05) is 18.7 Å². The minimum Gasteiger partial charge on any atom is -0.382 e. The van der Waals surface area contributed by atoms with Crippen molar-refractivity contribution in [2.45, 2.75) is 38.1 Å². The van der Waals surface area contributed by atoms with Gasteiger partial charge in [0.25, 0.3) is 5.91 Å². The van der Waals surface area contributed by atoms with Gasteiger partial charge in [0, 0.05) is 48.3 Å². The van der Waals surface area contributed by atoms with E-state index in [1.54, 1.807) is 29.4 Å². The summed E-state index contributed by atoms with van der Waals surface area (Å²) in [4.78, 5) is 40.4. The predicted octanol–water partition coefficient (Wildman–Crippen LogP) is 4.08. The quantitative estimate of drug-likeness (QED) is 0.312. The molecule has 0 saturated carbocycles. The fraction of sp³-hybridized carbons (Fsp3) is 0.250. The van der Waals surface area contributed by atoms with E-state index >= 15 is 0 Å². The van der Waals surface area contributed by atoms with Crippen LogP contribution in [0.25, 0.3) is 16.8 Å². The van der Waals surface area contributed by atoms with E-state index in [2.05, 4.69) is 27.2 Å². The molecule has 1 aliphatic rings. The Morgan fingerprint density at radius 3 is 2.56 bits per heavy atom. The van der Waals surface area contributed by atoms with Gasteiger partial charge < -0.3 is 21.3 Å². The molecule has 1 aromatic carbocycles. The first-order chi connectivity index (χ1) is 19.5. The number of alkyl halides is 3. The van der Waals surface area contributed by atoms with Crippen LogP contribution in [0.1, 0.15) is 41.6 Å². The van der Waals surface area contributed by atoms with Crippen LogP contribution in [-0.4, -0.2) is 54.7 Å². The van der Waals surface area contributed by atoms with Crippen molar-refractivity contribution < 1.29 is 22.8 Å². The lowest BCUT2D eigenvalue weighted by Gasteiger charge is -2.43. The Morgan fingerprint density at radius 2 is 1.88 bits per heavy atom. The van der Waals surface area contributed by atoms with Crippen LogP contribution in [0.4, 0.5) is 24.8 Å². The lowest BCUT2D eigenvalue weighted by molar-refractivity contribution is -0.137. The standard InChI is InChI=1S/C28H27F3N8O2/c1-4-21(40)39-15(2)14-35-16(3)23(39)26-37-22(24-25(32)34-11-12-38(24)26)17-5-7-18(8-6-17)27(41)36-20-13-19(9-10-33-20)28(29,30)31/h4-13,15-16,23,35H,1,14H2,2-3H3,(H2,32,34)(H,33,36,41)/t15-,16-,23?/m0/s1. The van der Waals surface area contributed by atoms with Crippen LogP contribution >= 0.6 is 0 Å². The Bertz CT molecular complexity index is 1630. The molecule has 0 spiro atoms. The van der Waals surface area contributed by atoms with E-state index < -0.39 is 23.7 Å². The molecule has 0 radical (unpaired) electrons. The smallest absolute Gasteiger partial charge is 0.382 e. The summed E-state index contributed by atoms with van der Waals surface area (Å²) in [7, 11) is 0. The van der Waals surface area contributed by atoms with Crippen LogP contribution in [0, 0.1) is 0 Å². The molecule has 10 nitrogen and oxygen atoms in total. The first-order valence-electron chi connectivity index (χ1n) is 12.7. The predicted molar refractivity (Wildman–Crippen MR) is 147 cm³/mol. The zero-order valence-electron chi connectivity index (χ0n) is 22.2. The normalized spacial score (nSPS) is 19.2. The molecule has 1 fully saturated rings. The number of imidazole rings is 1. The summed E-state index contributed by atoms with van der Waals surface area (Å²) in [5.41, 5.74) is 7.21. The van der Waals surface area contributed by atoms with Crippen molar-refractivity contribution >= 4 is 29.0 Å². The summed E-state index contributed by atoms with van der Waals surface area (Å²) in [5.74, 6) is -0.273. The summed E-state index contributed by atoms with van der Waals surface area (Å²) >= 11 is 0. The van der Waals surface area contributed by atoms with Gasteiger partial charge >= 0.3 is 6.18 Å². The fourth-order valence-corrected chi connectivity index (χ4v) is 5.03. The van der Waals surface area contributed by atoms with E-state index in [0.29, 0.717) is 29.1 Å². The summed E-state index contributed by atoms with van der Waals surface area (Å²) in [5, 5.41) is 5.82. The molecule has 212 valence electrons. The molecule has 5 rings (SSSR count). The van der Waals surface area contributed by atoms with Crippen molar-refractivity contribution in [3.05, 3.63) is 84.6 Å². The number of rotatable bonds is 5. The maximum absolute atomic E-state index is 13.0. The third kappa shape index (κ3) is 5.23. The molecule has 4 N–H and O–H groups in total. The van der Waals surface area contributed by atoms with E-state index in [1.807, 2.05) is 18.2 Å². The summed E-state index contributed by atoms with van der Waals surface area (Å²) in [6, 6.07) is 7.24. The lowest BCUT2D eigenvalue weighted by atomic mass is 10.00. The SMILES string of the molecule is C=CC(=O)N1C(c2nc(-c3ccc(C(=O)Nc4cc(C(F)(F)F)ccn4)cc3)c3c(N)nccn23)[C@H](C)NC[C@@H]1C. The van der Waals surface area contributed by atoms with Gasteiger partial charge in [0.1, 0.15) is 34.7 Å². The van der Waals surface area contributed by atoms with Gasteiger partial charge in [0.05, 0.1) is 5.56 Å². The number of nitrogen functional groups attached to an aromatic ring is 1. The molecule has 1 unspecified atom stereocenters. The van der Waals surface area contributed by atoms with Crippen molar-refractivity contribution in [1.82, 2.24) is 29.6 Å². The Kier molecular flexibility index (Phi) is 7.22. The number of hydrogen-bond acceptors (Lipinski definition) is 7. The second-order valence-corrected chi connectivity index (χ2v) is 9.75. The van der Waals surface area contributed by atoms with E-state index in [9.17, 15) is 22.8 Å². The zero-order chi connectivity index (χ0) is 29.5. The van der Waals surface area contributed by atoms with Gasteiger partial charge in [-0.25, -0.2) is 15.0 Å². The van der Waals surface area contributed by atoms with Crippen LogP contribution in [-0.2, 0) is 11.0 Å². The Balaban J connectivity index is 1.50. The van der Waals surface area contributed by atoms with Gasteiger partial charge in [-0.3, -0.25) is 14.0 Å². The number of hydrogen-bond donors (Lipinski definition) is 3. The van der Waals surface area contributed by atoms with Gasteiger partial charge in [-0.15, -0.1) is 0 Å². The molecule has 4 aromatic rings. The number of anilines is 2. The van der Waals surface area contributed by atoms with Crippen LogP contribution < -0.4 is 16.4 Å². The van der Waals surface area contributed by atoms with Gasteiger partial charge in [0.15, 0.2) is 0 Å². The molecule has 2 amide bonds. The summed E-state index contributed by atoms with van der Waals surface area (Å²) in [6.07, 6.45) is 0.981. The van der Waals surface area contributed by atoms with Crippen molar-refractivity contribution in [3.63, 3.8) is 0 Å². The molecular weight excluding hydrogens is 537 g/mol. The largest absolute Gasteiger partial charge is 0.416 e. The number of nitrogens with zero attached hydrogens (tertiary/aromatic N) is 5. The average Bonchev–Trinajstić information content (AvgIpc) is 3.34. The van der Waals surface area contributed by atoms with E-state index in [1.165, 1.54) is 18.2 Å². The van der Waals surface area contributed by atoms with Crippen LogP contribution in [0.5, 0.6) is 0 Å². The molecule has 0 aliphatic carbocycles. The minimum atomic E-state index is -4.56. The second-order valence-electron chi connectivity index (χ2n) is 9.75. The highest BCUT2D eigenvalue weighted by Crippen LogP contribution is 2.35. The third-order valence-electron chi connectivity index (χ3n) is 7.04. The Hall–Kier alpha value is -4.78. The number of fused-ring (bicyclic) bond motifs is 1. The highest BCUT2D eigenvalue weighted by atomic mass is 19.4.